The van der Waals surface area contributed by atoms with Crippen LogP contribution in [0.5, 0.6) is 0 Å². The van der Waals surface area contributed by atoms with E-state index in [0.717, 1.165) is 68.3 Å². The Kier molecular flexibility index (Phi) is 3.52. The number of piperidine rings is 1. The summed E-state index contributed by atoms with van der Waals surface area (Å²) in [6, 6.07) is 0.0914. The normalized spacial score (nSPS) is 29.1. The summed E-state index contributed by atoms with van der Waals surface area (Å²) in [7, 11) is 0. The minimum atomic E-state index is -0.746. The Morgan fingerprint density at radius 3 is 2.88 bits per heavy atom. The van der Waals surface area contributed by atoms with E-state index in [1.165, 1.54) is 12.8 Å². The monoisotopic (exact) mass is 342 g/mol. The van der Waals surface area contributed by atoms with Crippen LogP contribution in [0.3, 0.4) is 0 Å². The quantitative estimate of drug-likeness (QED) is 0.859. The minimum Gasteiger partial charge on any atom is -0.389 e. The Balaban J connectivity index is 1.33. The van der Waals surface area contributed by atoms with Crippen molar-refractivity contribution in [1.29, 1.82) is 0 Å². The first-order chi connectivity index (χ1) is 12.1. The molecule has 25 heavy (non-hydrogen) atoms. The van der Waals surface area contributed by atoms with Gasteiger partial charge in [-0.05, 0) is 50.9 Å². The van der Waals surface area contributed by atoms with E-state index in [-0.39, 0.29) is 18.4 Å². The molecule has 0 radical (unpaired) electrons. The lowest BCUT2D eigenvalue weighted by molar-refractivity contribution is -0.145. The van der Waals surface area contributed by atoms with Gasteiger partial charge >= 0.3 is 0 Å². The molecule has 5 aliphatic rings. The van der Waals surface area contributed by atoms with Crippen LogP contribution in [0.25, 0.3) is 0 Å². The zero-order valence-corrected chi connectivity index (χ0v) is 14.6. The lowest BCUT2D eigenvalue weighted by Crippen LogP contribution is -2.50. The number of hydrogen-bond acceptors (Lipinski definition) is 5. The lowest BCUT2D eigenvalue weighted by atomic mass is 9.75. The second kappa shape index (κ2) is 5.66. The number of aromatic nitrogens is 2. The fourth-order valence-electron chi connectivity index (χ4n) is 4.57. The molecule has 2 saturated carbocycles. The standard InChI is InChI=1S/C19H26N4O2/c24-16(8-19(25)6-1-7-19)23-11-13-4-5-15(23)14-10-21-18(22-17(13)14)20-9-12-2-3-12/h10,12-13,15,25H,1-9,11H2,(H,20,21,22). The van der Waals surface area contributed by atoms with E-state index in [0.29, 0.717) is 5.92 Å². The third kappa shape index (κ3) is 2.80. The van der Waals surface area contributed by atoms with E-state index >= 15 is 0 Å². The van der Waals surface area contributed by atoms with Crippen molar-refractivity contribution < 1.29 is 9.90 Å². The largest absolute Gasteiger partial charge is 0.389 e. The summed E-state index contributed by atoms with van der Waals surface area (Å²) < 4.78 is 0. The molecule has 1 aromatic heterocycles. The summed E-state index contributed by atoms with van der Waals surface area (Å²) in [6.45, 7) is 1.71. The third-order valence-corrected chi connectivity index (χ3v) is 6.51. The van der Waals surface area contributed by atoms with Gasteiger partial charge in [-0.25, -0.2) is 9.97 Å². The Morgan fingerprint density at radius 1 is 1.32 bits per heavy atom. The molecular weight excluding hydrogens is 316 g/mol. The highest BCUT2D eigenvalue weighted by molar-refractivity contribution is 5.78. The molecule has 0 spiro atoms. The van der Waals surface area contributed by atoms with E-state index in [9.17, 15) is 9.90 Å². The highest BCUT2D eigenvalue weighted by Gasteiger charge is 2.44. The number of hydrogen-bond donors (Lipinski definition) is 2. The predicted molar refractivity (Wildman–Crippen MR) is 93.1 cm³/mol. The van der Waals surface area contributed by atoms with Crippen molar-refractivity contribution in [3.05, 3.63) is 17.5 Å². The van der Waals surface area contributed by atoms with Gasteiger partial charge in [0.15, 0.2) is 0 Å². The van der Waals surface area contributed by atoms with Crippen LogP contribution in [0, 0.1) is 5.92 Å². The van der Waals surface area contributed by atoms with E-state index in [1.807, 2.05) is 11.1 Å². The van der Waals surface area contributed by atoms with E-state index in [2.05, 4.69) is 10.3 Å². The van der Waals surface area contributed by atoms with E-state index in [1.54, 1.807) is 0 Å². The second-order valence-electron chi connectivity index (χ2n) is 8.45. The number of carbonyl (C=O) groups excluding carboxylic acids is 1. The van der Waals surface area contributed by atoms with Crippen LogP contribution in [-0.4, -0.2) is 44.6 Å². The number of amides is 1. The molecule has 6 nitrogen and oxygen atoms in total. The van der Waals surface area contributed by atoms with Crippen molar-refractivity contribution in [1.82, 2.24) is 14.9 Å². The Labute approximate surface area is 148 Å². The van der Waals surface area contributed by atoms with Crippen LogP contribution in [-0.2, 0) is 4.79 Å². The average Bonchev–Trinajstić information content (AvgIpc) is 3.43. The van der Waals surface area contributed by atoms with Crippen LogP contribution < -0.4 is 5.32 Å². The molecule has 134 valence electrons. The molecule has 3 heterocycles. The van der Waals surface area contributed by atoms with Gasteiger partial charge in [-0.2, -0.15) is 0 Å². The topological polar surface area (TPSA) is 78.3 Å². The number of carbonyl (C=O) groups is 1. The number of nitrogens with one attached hydrogen (secondary N) is 1. The van der Waals surface area contributed by atoms with Crippen molar-refractivity contribution in [3.8, 4) is 0 Å². The molecule has 6 heteroatoms. The SMILES string of the molecule is O=C(CC1(O)CCC1)N1CC2CCC1c1cnc(NCC3CC3)nc12. The summed E-state index contributed by atoms with van der Waals surface area (Å²) in [4.78, 5) is 24.0. The van der Waals surface area contributed by atoms with Crippen LogP contribution in [0.4, 0.5) is 5.95 Å². The minimum absolute atomic E-state index is 0.0914. The Bertz CT molecular complexity index is 699. The summed E-state index contributed by atoms with van der Waals surface area (Å²) in [5.41, 5.74) is 1.51. The first-order valence-corrected chi connectivity index (χ1v) is 9.74. The van der Waals surface area contributed by atoms with E-state index in [4.69, 9.17) is 4.98 Å². The zero-order valence-electron chi connectivity index (χ0n) is 14.6. The van der Waals surface area contributed by atoms with Crippen LogP contribution in [0.15, 0.2) is 6.20 Å². The highest BCUT2D eigenvalue weighted by Crippen LogP contribution is 2.47. The maximum atomic E-state index is 12.8. The second-order valence-corrected chi connectivity index (χ2v) is 8.45. The van der Waals surface area contributed by atoms with E-state index < -0.39 is 5.60 Å². The number of rotatable bonds is 5. The highest BCUT2D eigenvalue weighted by atomic mass is 16.3. The molecule has 1 saturated heterocycles. The van der Waals surface area contributed by atoms with Gasteiger partial charge in [-0.1, -0.05) is 0 Å². The van der Waals surface area contributed by atoms with Crippen molar-refractivity contribution in [3.63, 3.8) is 0 Å². The summed E-state index contributed by atoms with van der Waals surface area (Å²) in [6.07, 6.45) is 9.44. The summed E-state index contributed by atoms with van der Waals surface area (Å²) >= 11 is 0. The molecule has 1 aromatic rings. The molecular formula is C19H26N4O2. The van der Waals surface area contributed by atoms with Crippen molar-refractivity contribution in [2.75, 3.05) is 18.4 Å². The van der Waals surface area contributed by atoms with Crippen molar-refractivity contribution in [2.24, 2.45) is 5.92 Å². The maximum absolute atomic E-state index is 12.8. The summed E-state index contributed by atoms with van der Waals surface area (Å²) in [5.74, 6) is 1.93. The summed E-state index contributed by atoms with van der Waals surface area (Å²) in [5, 5.41) is 13.7. The zero-order chi connectivity index (χ0) is 17.0. The third-order valence-electron chi connectivity index (χ3n) is 6.51. The van der Waals surface area contributed by atoms with Gasteiger partial charge in [0.05, 0.1) is 23.8 Å². The predicted octanol–water partition coefficient (Wildman–Crippen LogP) is 2.36. The van der Waals surface area contributed by atoms with Crippen molar-refractivity contribution in [2.45, 2.75) is 68.9 Å². The molecule has 3 fully saturated rings. The number of nitrogens with zero attached hydrogens (tertiary/aromatic N) is 3. The first-order valence-electron chi connectivity index (χ1n) is 9.74. The fourth-order valence-corrected chi connectivity index (χ4v) is 4.57. The van der Waals surface area contributed by atoms with Gasteiger partial charge < -0.3 is 15.3 Å². The molecule has 0 aromatic carbocycles. The van der Waals surface area contributed by atoms with Gasteiger partial charge in [-0.15, -0.1) is 0 Å². The van der Waals surface area contributed by atoms with Gasteiger partial charge in [-0.3, -0.25) is 4.79 Å². The molecule has 2 aliphatic heterocycles. The fraction of sp³-hybridized carbons (Fsp3) is 0.737. The molecule has 3 aliphatic carbocycles. The Morgan fingerprint density at radius 2 is 2.16 bits per heavy atom. The molecule has 2 atom stereocenters. The van der Waals surface area contributed by atoms with Crippen LogP contribution in [0.1, 0.15) is 74.6 Å². The lowest BCUT2D eigenvalue weighted by Gasteiger charge is -2.47. The molecule has 1 amide bonds. The van der Waals surface area contributed by atoms with Crippen molar-refractivity contribution >= 4 is 11.9 Å². The number of fused-ring (bicyclic) bond motifs is 2. The van der Waals surface area contributed by atoms with Crippen LogP contribution >= 0.6 is 0 Å². The smallest absolute Gasteiger partial charge is 0.226 e. The maximum Gasteiger partial charge on any atom is 0.226 e. The number of anilines is 1. The molecule has 2 unspecified atom stereocenters. The molecule has 6 rings (SSSR count). The van der Waals surface area contributed by atoms with Gasteiger partial charge in [0.2, 0.25) is 11.9 Å². The average molecular weight is 342 g/mol. The van der Waals surface area contributed by atoms with Gasteiger partial charge in [0.1, 0.15) is 0 Å². The van der Waals surface area contributed by atoms with Gasteiger partial charge in [0.25, 0.3) is 0 Å². The Hall–Kier alpha value is -1.69. The number of aliphatic hydroxyl groups is 1. The van der Waals surface area contributed by atoms with Gasteiger partial charge in [0, 0.05) is 30.8 Å². The molecule has 2 N–H and O–H groups in total. The molecule has 2 bridgehead atoms. The van der Waals surface area contributed by atoms with Crippen LogP contribution in [0.2, 0.25) is 0 Å². The first kappa shape index (κ1) is 15.6.